The molecule has 0 saturated carbocycles. The van der Waals surface area contributed by atoms with Gasteiger partial charge < -0.3 is 10.6 Å². The number of nitrogens with zero attached hydrogens (tertiary/aromatic N) is 1. The second kappa shape index (κ2) is 6.58. The van der Waals surface area contributed by atoms with Crippen LogP contribution < -0.4 is 5.73 Å². The number of nitrogens with two attached hydrogens (primary N) is 1. The summed E-state index contributed by atoms with van der Waals surface area (Å²) in [6.07, 6.45) is 3.09. The van der Waals surface area contributed by atoms with Gasteiger partial charge in [-0.1, -0.05) is 6.08 Å². The molecule has 60 valence electrons. The summed E-state index contributed by atoms with van der Waals surface area (Å²) in [5.41, 5.74) is 4.83. The minimum atomic E-state index is -0.392. The number of halogens is 1. The molecular weight excluding hydrogens is 152 g/mol. The molecule has 0 aliphatic carbocycles. The molecule has 0 heterocycles. The molecule has 0 saturated heterocycles. The monoisotopic (exact) mass is 164 g/mol. The fourth-order valence-corrected chi connectivity index (χ4v) is 0.380. The zero-order chi connectivity index (χ0) is 7.28. The van der Waals surface area contributed by atoms with Gasteiger partial charge in [0.15, 0.2) is 0 Å². The first-order chi connectivity index (χ1) is 4.13. The molecule has 0 fully saturated rings. The fourth-order valence-electron chi connectivity index (χ4n) is 0.380. The molecule has 0 rings (SSSR count). The maximum Gasteiger partial charge on any atom is 0.241 e. The van der Waals surface area contributed by atoms with Gasteiger partial charge in [0.05, 0.1) is 0 Å². The van der Waals surface area contributed by atoms with Gasteiger partial charge in [0.25, 0.3) is 0 Å². The van der Waals surface area contributed by atoms with Crippen LogP contribution in [0.25, 0.3) is 0 Å². The molecule has 0 unspecified atom stereocenters. The van der Waals surface area contributed by atoms with Crippen LogP contribution in [0.1, 0.15) is 0 Å². The van der Waals surface area contributed by atoms with E-state index in [1.807, 2.05) is 19.0 Å². The summed E-state index contributed by atoms with van der Waals surface area (Å²) in [6.45, 7) is 0.753. The van der Waals surface area contributed by atoms with Crippen molar-refractivity contribution < 1.29 is 4.79 Å². The predicted molar refractivity (Wildman–Crippen MR) is 44.1 cm³/mol. The molecule has 4 heteroatoms. The Morgan fingerprint density at radius 1 is 1.60 bits per heavy atom. The highest BCUT2D eigenvalue weighted by Crippen LogP contribution is 1.75. The van der Waals surface area contributed by atoms with Crippen molar-refractivity contribution in [2.45, 2.75) is 0 Å². The van der Waals surface area contributed by atoms with Gasteiger partial charge >= 0.3 is 0 Å². The number of likely N-dealkylation sites (N-methyl/N-ethyl adjacent to an activating group) is 1. The van der Waals surface area contributed by atoms with Gasteiger partial charge in [0, 0.05) is 6.54 Å². The van der Waals surface area contributed by atoms with E-state index < -0.39 is 5.91 Å². The summed E-state index contributed by atoms with van der Waals surface area (Å²) in [6, 6.07) is 0. The van der Waals surface area contributed by atoms with E-state index in [2.05, 4.69) is 0 Å². The molecule has 0 aromatic heterocycles. The zero-order valence-corrected chi connectivity index (χ0v) is 7.02. The quantitative estimate of drug-likeness (QED) is 0.598. The molecule has 0 aliphatic heterocycles. The highest BCUT2D eigenvalue weighted by Gasteiger charge is 1.83. The van der Waals surface area contributed by atoms with E-state index in [9.17, 15) is 4.79 Å². The number of carbonyl (C=O) groups is 1. The summed E-state index contributed by atoms with van der Waals surface area (Å²) in [5.74, 6) is -0.392. The SMILES string of the molecule is CN(C)CC=CC(N)=O.Cl. The first-order valence-electron chi connectivity index (χ1n) is 2.73. The van der Waals surface area contributed by atoms with E-state index in [1.54, 1.807) is 6.08 Å². The molecule has 2 N–H and O–H groups in total. The lowest BCUT2D eigenvalue weighted by Crippen LogP contribution is -2.12. The third-order valence-corrected chi connectivity index (χ3v) is 0.753. The molecule has 0 radical (unpaired) electrons. The Hall–Kier alpha value is -0.540. The van der Waals surface area contributed by atoms with Crippen LogP contribution in [0.2, 0.25) is 0 Å². The predicted octanol–water partition coefficient (Wildman–Crippen LogP) is 0.0113. The van der Waals surface area contributed by atoms with Gasteiger partial charge in [0.2, 0.25) is 5.91 Å². The minimum Gasteiger partial charge on any atom is -0.366 e. The Kier molecular flexibility index (Phi) is 8.00. The van der Waals surface area contributed by atoms with Gasteiger partial charge in [-0.05, 0) is 20.2 Å². The average molecular weight is 165 g/mol. The van der Waals surface area contributed by atoms with E-state index in [0.29, 0.717) is 0 Å². The van der Waals surface area contributed by atoms with E-state index in [0.717, 1.165) is 6.54 Å². The lowest BCUT2D eigenvalue weighted by atomic mass is 10.4. The van der Waals surface area contributed by atoms with Crippen LogP contribution in [0.4, 0.5) is 0 Å². The molecule has 0 spiro atoms. The number of amides is 1. The number of carbonyl (C=O) groups excluding carboxylic acids is 1. The van der Waals surface area contributed by atoms with Crippen molar-refractivity contribution in [3.63, 3.8) is 0 Å². The highest BCUT2D eigenvalue weighted by molar-refractivity contribution is 5.85. The van der Waals surface area contributed by atoms with E-state index >= 15 is 0 Å². The summed E-state index contributed by atoms with van der Waals surface area (Å²) >= 11 is 0. The number of hydrogen-bond donors (Lipinski definition) is 1. The Morgan fingerprint density at radius 3 is 2.40 bits per heavy atom. The van der Waals surface area contributed by atoms with Crippen LogP contribution in [0.5, 0.6) is 0 Å². The van der Waals surface area contributed by atoms with Gasteiger partial charge in [-0.2, -0.15) is 0 Å². The largest absolute Gasteiger partial charge is 0.366 e. The van der Waals surface area contributed by atoms with Crippen LogP contribution in [0.3, 0.4) is 0 Å². The number of rotatable bonds is 3. The van der Waals surface area contributed by atoms with Crippen molar-refractivity contribution in [1.29, 1.82) is 0 Å². The van der Waals surface area contributed by atoms with Gasteiger partial charge in [0.1, 0.15) is 0 Å². The Morgan fingerprint density at radius 2 is 2.10 bits per heavy atom. The molecule has 10 heavy (non-hydrogen) atoms. The Balaban J connectivity index is 0. The topological polar surface area (TPSA) is 46.3 Å². The summed E-state index contributed by atoms with van der Waals surface area (Å²) in [4.78, 5) is 12.0. The molecule has 0 atom stereocenters. The van der Waals surface area contributed by atoms with Crippen LogP contribution >= 0.6 is 12.4 Å². The van der Waals surface area contributed by atoms with Crippen LogP contribution in [-0.2, 0) is 4.79 Å². The van der Waals surface area contributed by atoms with E-state index in [1.165, 1.54) is 6.08 Å². The van der Waals surface area contributed by atoms with Crippen LogP contribution in [0, 0.1) is 0 Å². The smallest absolute Gasteiger partial charge is 0.241 e. The molecule has 3 nitrogen and oxygen atoms in total. The second-order valence-corrected chi connectivity index (χ2v) is 2.07. The van der Waals surface area contributed by atoms with Crippen molar-refractivity contribution in [1.82, 2.24) is 4.90 Å². The van der Waals surface area contributed by atoms with E-state index in [-0.39, 0.29) is 12.4 Å². The van der Waals surface area contributed by atoms with Crippen molar-refractivity contribution in [3.05, 3.63) is 12.2 Å². The number of hydrogen-bond acceptors (Lipinski definition) is 2. The zero-order valence-electron chi connectivity index (χ0n) is 6.20. The summed E-state index contributed by atoms with van der Waals surface area (Å²) in [7, 11) is 3.84. The highest BCUT2D eigenvalue weighted by atomic mass is 35.5. The standard InChI is InChI=1S/C6H12N2O.ClH/c1-8(2)5-3-4-6(7)9;/h3-4H,5H2,1-2H3,(H2,7,9);1H. The Bertz CT molecular complexity index is 123. The van der Waals surface area contributed by atoms with Gasteiger partial charge in [-0.25, -0.2) is 0 Å². The van der Waals surface area contributed by atoms with E-state index in [4.69, 9.17) is 5.73 Å². The van der Waals surface area contributed by atoms with Crippen molar-refractivity contribution in [2.24, 2.45) is 5.73 Å². The summed E-state index contributed by atoms with van der Waals surface area (Å²) < 4.78 is 0. The van der Waals surface area contributed by atoms with Gasteiger partial charge in [-0.15, -0.1) is 12.4 Å². The maximum absolute atomic E-state index is 10.1. The number of primary amides is 1. The first-order valence-corrected chi connectivity index (χ1v) is 2.73. The minimum absolute atomic E-state index is 0. The average Bonchev–Trinajstić information content (AvgIpc) is 1.63. The van der Waals surface area contributed by atoms with Gasteiger partial charge in [-0.3, -0.25) is 4.79 Å². The molecule has 0 bridgehead atoms. The normalized spacial score (nSPS) is 9.90. The molecule has 0 aliphatic rings. The lowest BCUT2D eigenvalue weighted by molar-refractivity contribution is -0.113. The molecule has 0 aromatic carbocycles. The summed E-state index contributed by atoms with van der Waals surface area (Å²) in [5, 5.41) is 0. The first kappa shape index (κ1) is 12.2. The third kappa shape index (κ3) is 10.4. The van der Waals surface area contributed by atoms with Crippen LogP contribution in [0.15, 0.2) is 12.2 Å². The molecule has 1 amide bonds. The van der Waals surface area contributed by atoms with Crippen LogP contribution in [-0.4, -0.2) is 31.4 Å². The lowest BCUT2D eigenvalue weighted by Gasteiger charge is -2.02. The maximum atomic E-state index is 10.1. The van der Waals surface area contributed by atoms with Crippen molar-refractivity contribution in [2.75, 3.05) is 20.6 Å². The van der Waals surface area contributed by atoms with Crippen molar-refractivity contribution in [3.8, 4) is 0 Å². The van der Waals surface area contributed by atoms with Crippen molar-refractivity contribution >= 4 is 18.3 Å². The third-order valence-electron chi connectivity index (χ3n) is 0.753. The second-order valence-electron chi connectivity index (χ2n) is 2.07. The fraction of sp³-hybridized carbons (Fsp3) is 0.500. The molecule has 0 aromatic rings. The molecular formula is C6H13ClN2O. The Labute approximate surface area is 67.3 Å².